The molecule has 7 heteroatoms. The van der Waals surface area contributed by atoms with Crippen molar-refractivity contribution in [2.45, 2.75) is 6.54 Å². The summed E-state index contributed by atoms with van der Waals surface area (Å²) in [6, 6.07) is 7.54. The number of hydrogen-bond acceptors (Lipinski definition) is 6. The Balaban J connectivity index is 1.54. The number of ether oxygens (including phenoxy) is 1. The highest BCUT2D eigenvalue weighted by Crippen LogP contribution is 2.14. The smallest absolute Gasteiger partial charge is 0.274 e. The van der Waals surface area contributed by atoms with E-state index in [1.807, 2.05) is 4.90 Å². The van der Waals surface area contributed by atoms with Crippen molar-refractivity contribution in [3.05, 3.63) is 40.2 Å². The van der Waals surface area contributed by atoms with Gasteiger partial charge in [0, 0.05) is 43.7 Å². The number of amides is 1. The van der Waals surface area contributed by atoms with Gasteiger partial charge in [-0.1, -0.05) is 6.07 Å². The van der Waals surface area contributed by atoms with E-state index in [2.05, 4.69) is 32.6 Å². The third-order valence-electron chi connectivity index (χ3n) is 3.69. The predicted octanol–water partition coefficient (Wildman–Crippen LogP) is 1.50. The Morgan fingerprint density at radius 2 is 2.05 bits per heavy atom. The molecular weight excluding hydrogens is 300 g/mol. The molecule has 1 amide bonds. The first-order chi connectivity index (χ1) is 10.8. The third-order valence-corrected chi connectivity index (χ3v) is 4.55. The molecule has 0 unspecified atom stereocenters. The van der Waals surface area contributed by atoms with Crippen molar-refractivity contribution < 1.29 is 9.53 Å². The second-order valence-electron chi connectivity index (χ2n) is 5.11. The molecule has 0 aromatic carbocycles. The molecule has 2 aromatic rings. The largest absolute Gasteiger partial charge is 0.480 e. The van der Waals surface area contributed by atoms with Gasteiger partial charge in [0.15, 0.2) is 5.69 Å². The van der Waals surface area contributed by atoms with Gasteiger partial charge in [0.2, 0.25) is 5.88 Å². The van der Waals surface area contributed by atoms with Crippen molar-refractivity contribution in [1.29, 1.82) is 0 Å². The zero-order valence-electron chi connectivity index (χ0n) is 12.4. The zero-order chi connectivity index (χ0) is 15.4. The molecule has 6 nitrogen and oxygen atoms in total. The summed E-state index contributed by atoms with van der Waals surface area (Å²) in [5, 5.41) is 9.87. The quantitative estimate of drug-likeness (QED) is 0.855. The van der Waals surface area contributed by atoms with Gasteiger partial charge in [-0.2, -0.15) is 0 Å². The van der Waals surface area contributed by atoms with E-state index in [4.69, 9.17) is 4.74 Å². The SMILES string of the molecule is COc1ccc(C(=O)N2CCN(Cc3cccs3)CC2)nn1. The maximum atomic E-state index is 12.4. The molecule has 2 aromatic heterocycles. The molecule has 0 saturated carbocycles. The van der Waals surface area contributed by atoms with E-state index in [9.17, 15) is 4.79 Å². The van der Waals surface area contributed by atoms with Crippen LogP contribution in [0.1, 0.15) is 15.4 Å². The van der Waals surface area contributed by atoms with Gasteiger partial charge in [-0.25, -0.2) is 0 Å². The van der Waals surface area contributed by atoms with E-state index >= 15 is 0 Å². The van der Waals surface area contributed by atoms with E-state index in [0.717, 1.165) is 32.7 Å². The van der Waals surface area contributed by atoms with Crippen LogP contribution in [0.15, 0.2) is 29.6 Å². The summed E-state index contributed by atoms with van der Waals surface area (Å²) >= 11 is 1.77. The monoisotopic (exact) mass is 318 g/mol. The van der Waals surface area contributed by atoms with Crippen LogP contribution in [0.2, 0.25) is 0 Å². The molecule has 116 valence electrons. The summed E-state index contributed by atoms with van der Waals surface area (Å²) in [5.41, 5.74) is 0.368. The van der Waals surface area contributed by atoms with Gasteiger partial charge in [-0.3, -0.25) is 9.69 Å². The van der Waals surface area contributed by atoms with Gasteiger partial charge in [0.25, 0.3) is 5.91 Å². The minimum Gasteiger partial charge on any atom is -0.480 e. The van der Waals surface area contributed by atoms with Gasteiger partial charge in [0.05, 0.1) is 7.11 Å². The minimum absolute atomic E-state index is 0.0640. The molecule has 0 bridgehead atoms. The van der Waals surface area contributed by atoms with Crippen molar-refractivity contribution in [1.82, 2.24) is 20.0 Å². The summed E-state index contributed by atoms with van der Waals surface area (Å²) in [6.07, 6.45) is 0. The zero-order valence-corrected chi connectivity index (χ0v) is 13.3. The molecule has 0 radical (unpaired) electrons. The van der Waals surface area contributed by atoms with Crippen LogP contribution in [0.25, 0.3) is 0 Å². The van der Waals surface area contributed by atoms with Crippen LogP contribution >= 0.6 is 11.3 Å². The number of methoxy groups -OCH3 is 1. The second kappa shape index (κ2) is 6.85. The molecule has 1 saturated heterocycles. The maximum absolute atomic E-state index is 12.4. The molecule has 1 fully saturated rings. The van der Waals surface area contributed by atoms with Crippen LogP contribution in [0.4, 0.5) is 0 Å². The number of thiophene rings is 1. The van der Waals surface area contributed by atoms with E-state index in [-0.39, 0.29) is 5.91 Å². The van der Waals surface area contributed by atoms with Crippen LogP contribution in [0.3, 0.4) is 0 Å². The van der Waals surface area contributed by atoms with Crippen molar-refractivity contribution in [2.75, 3.05) is 33.3 Å². The van der Waals surface area contributed by atoms with Gasteiger partial charge in [-0.05, 0) is 17.5 Å². The lowest BCUT2D eigenvalue weighted by atomic mass is 10.2. The molecule has 1 aliphatic heterocycles. The first-order valence-electron chi connectivity index (χ1n) is 7.18. The van der Waals surface area contributed by atoms with Crippen LogP contribution in [0.5, 0.6) is 5.88 Å². The van der Waals surface area contributed by atoms with Gasteiger partial charge >= 0.3 is 0 Å². The second-order valence-corrected chi connectivity index (χ2v) is 6.14. The number of aromatic nitrogens is 2. The fourth-order valence-corrected chi connectivity index (χ4v) is 3.18. The summed E-state index contributed by atoms with van der Waals surface area (Å²) in [5.74, 6) is 0.350. The lowest BCUT2D eigenvalue weighted by Gasteiger charge is -2.34. The Bertz CT molecular complexity index is 607. The van der Waals surface area contributed by atoms with E-state index in [1.165, 1.54) is 12.0 Å². The lowest BCUT2D eigenvalue weighted by molar-refractivity contribution is 0.0622. The molecule has 0 aliphatic carbocycles. The van der Waals surface area contributed by atoms with Gasteiger partial charge in [-0.15, -0.1) is 21.5 Å². The Morgan fingerprint density at radius 3 is 2.64 bits per heavy atom. The minimum atomic E-state index is -0.0640. The van der Waals surface area contributed by atoms with E-state index in [1.54, 1.807) is 23.5 Å². The van der Waals surface area contributed by atoms with Crippen LogP contribution in [-0.4, -0.2) is 59.2 Å². The highest BCUT2D eigenvalue weighted by Gasteiger charge is 2.23. The number of carbonyl (C=O) groups excluding carboxylic acids is 1. The fourth-order valence-electron chi connectivity index (χ4n) is 2.44. The Morgan fingerprint density at radius 1 is 1.23 bits per heavy atom. The van der Waals surface area contributed by atoms with Crippen LogP contribution < -0.4 is 4.74 Å². The third kappa shape index (κ3) is 3.42. The highest BCUT2D eigenvalue weighted by molar-refractivity contribution is 7.09. The van der Waals surface area contributed by atoms with Crippen LogP contribution in [0, 0.1) is 0 Å². The van der Waals surface area contributed by atoms with Crippen molar-refractivity contribution in [3.8, 4) is 5.88 Å². The Kier molecular flexibility index (Phi) is 4.65. The van der Waals surface area contributed by atoms with Gasteiger partial charge in [0.1, 0.15) is 0 Å². The summed E-state index contributed by atoms with van der Waals surface area (Å²) in [4.78, 5) is 18.0. The average molecular weight is 318 g/mol. The molecule has 1 aliphatic rings. The van der Waals surface area contributed by atoms with Crippen molar-refractivity contribution in [3.63, 3.8) is 0 Å². The van der Waals surface area contributed by atoms with Crippen molar-refractivity contribution in [2.24, 2.45) is 0 Å². The first kappa shape index (κ1) is 14.9. The number of carbonyl (C=O) groups is 1. The predicted molar refractivity (Wildman–Crippen MR) is 84.1 cm³/mol. The highest BCUT2D eigenvalue weighted by atomic mass is 32.1. The Labute approximate surface area is 133 Å². The summed E-state index contributed by atoms with van der Waals surface area (Å²) < 4.78 is 4.95. The number of nitrogens with zero attached hydrogens (tertiary/aromatic N) is 4. The topological polar surface area (TPSA) is 58.6 Å². The number of piperazine rings is 1. The number of hydrogen-bond donors (Lipinski definition) is 0. The normalized spacial score (nSPS) is 15.8. The summed E-state index contributed by atoms with van der Waals surface area (Å²) in [6.45, 7) is 4.17. The molecule has 3 heterocycles. The first-order valence-corrected chi connectivity index (χ1v) is 8.06. The van der Waals surface area contributed by atoms with Crippen LogP contribution in [-0.2, 0) is 6.54 Å². The molecule has 3 rings (SSSR count). The number of rotatable bonds is 4. The van der Waals surface area contributed by atoms with Gasteiger partial charge < -0.3 is 9.64 Å². The standard InChI is InChI=1S/C15H18N4O2S/c1-21-14-5-4-13(16-17-14)15(20)19-8-6-18(7-9-19)11-12-3-2-10-22-12/h2-5,10H,6-9,11H2,1H3. The maximum Gasteiger partial charge on any atom is 0.274 e. The fraction of sp³-hybridized carbons (Fsp3) is 0.400. The van der Waals surface area contributed by atoms with E-state index in [0.29, 0.717) is 11.6 Å². The lowest BCUT2D eigenvalue weighted by Crippen LogP contribution is -2.48. The molecule has 0 N–H and O–H groups in total. The molecule has 22 heavy (non-hydrogen) atoms. The van der Waals surface area contributed by atoms with Crippen molar-refractivity contribution >= 4 is 17.2 Å². The van der Waals surface area contributed by atoms with E-state index < -0.39 is 0 Å². The molecule has 0 atom stereocenters. The average Bonchev–Trinajstić information content (AvgIpc) is 3.08. The molecule has 0 spiro atoms. The summed E-state index contributed by atoms with van der Waals surface area (Å²) in [7, 11) is 1.53. The Hall–Kier alpha value is -1.99. The molecular formula is C15H18N4O2S.